The maximum absolute atomic E-state index is 14.4. The predicted molar refractivity (Wildman–Crippen MR) is 306 cm³/mol. The Hall–Kier alpha value is -6.25. The maximum atomic E-state index is 14.4. The summed E-state index contributed by atoms with van der Waals surface area (Å²) < 4.78 is 14.8. The molecule has 11 rings (SSSR count). The number of aliphatic hydroxyl groups is 1. The molecule has 1 saturated carbocycles. The highest BCUT2D eigenvalue weighted by Gasteiger charge is 2.44. The molecule has 7 N–H and O–H groups in total. The zero-order valence-electron chi connectivity index (χ0n) is 46.5. The minimum atomic E-state index is -0.796. The molecular weight excluding hydrogens is 1020 g/mol. The third-order valence-corrected chi connectivity index (χ3v) is 19.0. The van der Waals surface area contributed by atoms with Crippen LogP contribution in [0.3, 0.4) is 0 Å². The molecule has 8 heterocycles. The van der Waals surface area contributed by atoms with Crippen molar-refractivity contribution in [3.8, 4) is 16.2 Å². The molecular formula is C60H80N12O6S. The first-order chi connectivity index (χ1) is 38.2. The van der Waals surface area contributed by atoms with Crippen molar-refractivity contribution in [1.29, 1.82) is 0 Å². The van der Waals surface area contributed by atoms with E-state index in [0.717, 1.165) is 142 Å². The number of phenolic OH excluding ortho intramolecular Hbond substituents is 1. The van der Waals surface area contributed by atoms with E-state index < -0.39 is 18.1 Å². The van der Waals surface area contributed by atoms with Crippen LogP contribution in [0.4, 0.5) is 5.82 Å². The summed E-state index contributed by atoms with van der Waals surface area (Å²) in [5.74, 6) is 1.84. The number of anilines is 1. The van der Waals surface area contributed by atoms with E-state index in [1.165, 1.54) is 0 Å². The number of aliphatic hydroxyl groups excluding tert-OH is 1. The highest BCUT2D eigenvalue weighted by atomic mass is 32.1. The van der Waals surface area contributed by atoms with Crippen molar-refractivity contribution in [3.05, 3.63) is 113 Å². The number of para-hydroxylation sites is 1. The van der Waals surface area contributed by atoms with Gasteiger partial charge in [0.05, 0.1) is 58.4 Å². The van der Waals surface area contributed by atoms with Crippen LogP contribution in [-0.4, -0.2) is 139 Å². The van der Waals surface area contributed by atoms with E-state index in [-0.39, 0.29) is 48.5 Å². The molecule has 0 unspecified atom stereocenters. The number of nitrogens with one attached hydrogen (secondary N) is 3. The molecule has 79 heavy (non-hydrogen) atoms. The number of nitrogens with zero attached hydrogens (tertiary/aromatic N) is 8. The van der Waals surface area contributed by atoms with Gasteiger partial charge in [0, 0.05) is 80.7 Å². The first kappa shape index (κ1) is 54.7. The summed E-state index contributed by atoms with van der Waals surface area (Å²) in [6.45, 7) is 17.5. The minimum absolute atomic E-state index is 0.0914. The second kappa shape index (κ2) is 23.8. The fourth-order valence-electron chi connectivity index (χ4n) is 13.1. The van der Waals surface area contributed by atoms with Crippen molar-refractivity contribution < 1.29 is 29.1 Å². The molecule has 19 heteroatoms. The molecule has 18 nitrogen and oxygen atoms in total. The molecule has 422 valence electrons. The second-order valence-corrected chi connectivity index (χ2v) is 24.5. The van der Waals surface area contributed by atoms with Gasteiger partial charge in [-0.2, -0.15) is 5.10 Å². The van der Waals surface area contributed by atoms with Crippen LogP contribution in [0.2, 0.25) is 0 Å². The first-order valence-electron chi connectivity index (χ1n) is 28.9. The van der Waals surface area contributed by atoms with E-state index >= 15 is 0 Å². The van der Waals surface area contributed by atoms with E-state index in [2.05, 4.69) is 58.8 Å². The Bertz CT molecular complexity index is 2960. The SMILES string of the molecule is Cc1ncsc1-c1ccc([C@H](C)NC(=O)[C@@H]2C[C@@H](O)CN2C(=O)[C@@H](c2cc(N3CCC(CN4CCC(OC5CC(N6CCC([C@@H](C)n7cc(C8=C(N)NNC(c9ccccc9O)=C8)cn7)CC6)C5)CC4)CC3)no2)C(C)C)cc1. The van der Waals surface area contributed by atoms with E-state index in [9.17, 15) is 19.8 Å². The zero-order valence-corrected chi connectivity index (χ0v) is 47.3. The maximum Gasteiger partial charge on any atom is 0.243 e. The van der Waals surface area contributed by atoms with E-state index in [0.29, 0.717) is 47.2 Å². The summed E-state index contributed by atoms with van der Waals surface area (Å²) in [5, 5.41) is 33.6. The Morgan fingerprint density at radius 2 is 1.66 bits per heavy atom. The van der Waals surface area contributed by atoms with Crippen LogP contribution in [0.25, 0.3) is 21.7 Å². The van der Waals surface area contributed by atoms with Crippen molar-refractivity contribution in [2.75, 3.05) is 57.3 Å². The first-order valence-corrected chi connectivity index (χ1v) is 29.8. The summed E-state index contributed by atoms with van der Waals surface area (Å²) >= 11 is 1.60. The standard InChI is InChI=1S/C60H80N12O6S/c1-36(2)56(60(76)71-34-46(73)28-52(71)59(75)64-37(3)41-10-12-43(13-11-41)57-38(4)62-35-79-57)54-30-55(67-78-54)70-22-14-40(15-23-70)32-68-20-18-47(19-21-68)77-48-26-45(27-48)69-24-16-42(17-25-69)39(5)72-33-44(31-63-72)50-29-51(65-66-58(50)61)49-8-6-7-9-53(49)74/h6-13,29-31,33,35-37,39-40,42,45-48,52,56,65-66,73-74H,14-28,32,34,61H2,1-5H3,(H,64,75)/t37-,39+,45?,46+,48?,52-,56+/m0/s1. The average Bonchev–Trinajstić information content (AvgIpc) is 4.35. The largest absolute Gasteiger partial charge is 0.507 e. The predicted octanol–water partition coefficient (Wildman–Crippen LogP) is 7.57. The lowest BCUT2D eigenvalue weighted by Gasteiger charge is -2.47. The number of rotatable bonds is 17. The highest BCUT2D eigenvalue weighted by Crippen LogP contribution is 2.39. The normalized spacial score (nSPS) is 24.2. The summed E-state index contributed by atoms with van der Waals surface area (Å²) in [4.78, 5) is 42.9. The van der Waals surface area contributed by atoms with Crippen LogP contribution in [0.1, 0.15) is 132 Å². The number of allylic oxidation sites excluding steroid dienone is 2. The van der Waals surface area contributed by atoms with Gasteiger partial charge in [-0.25, -0.2) is 4.98 Å². The van der Waals surface area contributed by atoms with Gasteiger partial charge in [0.15, 0.2) is 11.6 Å². The van der Waals surface area contributed by atoms with Gasteiger partial charge >= 0.3 is 0 Å². The number of thiazole rings is 1. The molecule has 0 radical (unpaired) electrons. The molecule has 5 fully saturated rings. The number of hydrogen-bond donors (Lipinski definition) is 6. The van der Waals surface area contributed by atoms with Gasteiger partial charge in [-0.05, 0) is 132 Å². The molecule has 1 aliphatic carbocycles. The van der Waals surface area contributed by atoms with Crippen LogP contribution >= 0.6 is 11.3 Å². The van der Waals surface area contributed by atoms with Gasteiger partial charge in [0.2, 0.25) is 11.8 Å². The van der Waals surface area contributed by atoms with Gasteiger partial charge in [-0.1, -0.05) is 55.4 Å². The lowest BCUT2D eigenvalue weighted by Crippen LogP contribution is -2.52. The molecule has 6 aliphatic rings. The number of likely N-dealkylation sites (tertiary alicyclic amines) is 3. The number of β-amino-alcohol motifs (C(OH)–C–C–N with tert-alkyl or cyclic N) is 1. The number of aryl methyl sites for hydroxylation is 1. The van der Waals surface area contributed by atoms with Crippen LogP contribution < -0.4 is 26.8 Å². The number of nitrogens with two attached hydrogens (primary N) is 1. The number of hydrogen-bond acceptors (Lipinski definition) is 16. The Balaban J connectivity index is 0.584. The third-order valence-electron chi connectivity index (χ3n) is 18.0. The van der Waals surface area contributed by atoms with Crippen LogP contribution in [0.5, 0.6) is 5.75 Å². The van der Waals surface area contributed by atoms with Crippen molar-refractivity contribution >= 4 is 40.2 Å². The summed E-state index contributed by atoms with van der Waals surface area (Å²) in [5.41, 5.74) is 20.6. The lowest BCUT2D eigenvalue weighted by molar-refractivity contribution is -0.141. The monoisotopic (exact) mass is 1100 g/mol. The lowest BCUT2D eigenvalue weighted by atomic mass is 9.83. The zero-order chi connectivity index (χ0) is 54.9. The number of piperidine rings is 3. The van der Waals surface area contributed by atoms with Crippen LogP contribution in [-0.2, 0) is 14.3 Å². The number of carbonyl (C=O) groups excluding carboxylic acids is 2. The highest BCUT2D eigenvalue weighted by molar-refractivity contribution is 7.13. The van der Waals surface area contributed by atoms with Gasteiger partial charge in [-0.3, -0.25) is 25.1 Å². The number of aromatic nitrogens is 4. The van der Waals surface area contributed by atoms with E-state index in [1.807, 2.05) is 87.9 Å². The number of hydrazine groups is 1. The van der Waals surface area contributed by atoms with Crippen molar-refractivity contribution in [3.63, 3.8) is 0 Å². The smallest absolute Gasteiger partial charge is 0.243 e. The van der Waals surface area contributed by atoms with Gasteiger partial charge < -0.3 is 50.1 Å². The number of benzene rings is 2. The van der Waals surface area contributed by atoms with Gasteiger partial charge in [-0.15, -0.1) is 11.3 Å². The second-order valence-electron chi connectivity index (χ2n) is 23.6. The molecule has 0 bridgehead atoms. The Morgan fingerprint density at radius 3 is 2.37 bits per heavy atom. The topological polar surface area (TPSA) is 216 Å². The number of aromatic hydroxyl groups is 1. The molecule has 5 aliphatic heterocycles. The molecule has 5 atom stereocenters. The average molecular weight is 1100 g/mol. The Morgan fingerprint density at radius 1 is 0.911 bits per heavy atom. The third kappa shape index (κ3) is 12.1. The number of carbonyl (C=O) groups is 2. The molecule has 2 aromatic carbocycles. The summed E-state index contributed by atoms with van der Waals surface area (Å²) in [6.07, 6.45) is 14.9. The molecule has 2 amide bonds. The summed E-state index contributed by atoms with van der Waals surface area (Å²) in [7, 11) is 0. The Kier molecular flexibility index (Phi) is 16.5. The number of amides is 2. The quantitative estimate of drug-likeness (QED) is 0.0530. The van der Waals surface area contributed by atoms with E-state index in [4.69, 9.17) is 20.1 Å². The number of phenols is 1. The minimum Gasteiger partial charge on any atom is -0.507 e. The fraction of sp³-hybridized carbons (Fsp3) is 0.550. The van der Waals surface area contributed by atoms with E-state index in [1.54, 1.807) is 28.4 Å². The van der Waals surface area contributed by atoms with Crippen LogP contribution in [0, 0.1) is 24.7 Å². The van der Waals surface area contributed by atoms with Crippen molar-refractivity contribution in [2.24, 2.45) is 23.5 Å². The van der Waals surface area contributed by atoms with Gasteiger partial charge in [0.25, 0.3) is 0 Å². The number of ether oxygens (including phenoxy) is 1. The molecule has 3 aromatic heterocycles. The molecule has 0 spiro atoms. The fourth-order valence-corrected chi connectivity index (χ4v) is 13.9. The molecule has 4 saturated heterocycles. The van der Waals surface area contributed by atoms with Crippen LogP contribution in [0.15, 0.2) is 88.9 Å². The molecule has 5 aromatic rings. The van der Waals surface area contributed by atoms with Crippen molar-refractivity contribution in [2.45, 2.75) is 141 Å². The van der Waals surface area contributed by atoms with Crippen molar-refractivity contribution in [1.82, 2.24) is 50.8 Å². The Labute approximate surface area is 468 Å². The van der Waals surface area contributed by atoms with Gasteiger partial charge in [0.1, 0.15) is 23.5 Å². The summed E-state index contributed by atoms with van der Waals surface area (Å²) in [6, 6.07) is 17.1.